The molecule has 0 unspecified atom stereocenters. The number of carbonyl (C=O) groups excluding carboxylic acids is 1. The summed E-state index contributed by atoms with van der Waals surface area (Å²) in [6.07, 6.45) is 1.97. The van der Waals surface area contributed by atoms with Crippen molar-refractivity contribution in [3.63, 3.8) is 0 Å². The summed E-state index contributed by atoms with van der Waals surface area (Å²) in [4.78, 5) is 13.6. The predicted molar refractivity (Wildman–Crippen MR) is 75.2 cm³/mol. The molecule has 0 radical (unpaired) electrons. The van der Waals surface area contributed by atoms with Crippen LogP contribution in [0.5, 0.6) is 0 Å². The molecule has 0 aliphatic carbocycles. The minimum Gasteiger partial charge on any atom is -0.444 e. The molecule has 1 amide bonds. The highest BCUT2D eigenvalue weighted by molar-refractivity contribution is 5.68. The van der Waals surface area contributed by atoms with Gasteiger partial charge in [0.2, 0.25) is 0 Å². The lowest BCUT2D eigenvalue weighted by molar-refractivity contribution is -0.0308. The third-order valence-electron chi connectivity index (χ3n) is 3.23. The summed E-state index contributed by atoms with van der Waals surface area (Å²) >= 11 is 0. The Morgan fingerprint density at radius 3 is 2.42 bits per heavy atom. The third kappa shape index (κ3) is 5.78. The van der Waals surface area contributed by atoms with Crippen LogP contribution in [0.15, 0.2) is 0 Å². The SMILES string of the molecule is CCCNCC1(O)CCN(C(=O)OC(C)(C)C)CC1. The van der Waals surface area contributed by atoms with Crippen molar-refractivity contribution in [3.8, 4) is 0 Å². The van der Waals surface area contributed by atoms with Gasteiger partial charge < -0.3 is 20.1 Å². The van der Waals surface area contributed by atoms with E-state index in [0.29, 0.717) is 32.5 Å². The maximum absolute atomic E-state index is 11.9. The van der Waals surface area contributed by atoms with Gasteiger partial charge >= 0.3 is 6.09 Å². The number of hydrogen-bond donors (Lipinski definition) is 2. The molecule has 5 nitrogen and oxygen atoms in total. The zero-order valence-electron chi connectivity index (χ0n) is 12.7. The Bertz CT molecular complexity index is 292. The summed E-state index contributed by atoms with van der Waals surface area (Å²) in [7, 11) is 0. The molecule has 0 atom stereocenters. The molecule has 1 rings (SSSR count). The van der Waals surface area contributed by atoms with Crippen LogP contribution < -0.4 is 5.32 Å². The first-order valence-electron chi connectivity index (χ1n) is 7.17. The first kappa shape index (κ1) is 16.2. The molecule has 2 N–H and O–H groups in total. The zero-order chi connectivity index (χ0) is 14.5. The average molecular weight is 272 g/mol. The molecule has 1 aliphatic rings. The molecule has 112 valence electrons. The highest BCUT2D eigenvalue weighted by Gasteiger charge is 2.34. The Labute approximate surface area is 116 Å². The number of amides is 1. The predicted octanol–water partition coefficient (Wildman–Crippen LogP) is 1.75. The van der Waals surface area contributed by atoms with E-state index in [0.717, 1.165) is 13.0 Å². The number of aliphatic hydroxyl groups is 1. The quantitative estimate of drug-likeness (QED) is 0.765. The lowest BCUT2D eigenvalue weighted by Gasteiger charge is -2.38. The largest absolute Gasteiger partial charge is 0.444 e. The van der Waals surface area contributed by atoms with Crippen molar-refractivity contribution >= 4 is 6.09 Å². The topological polar surface area (TPSA) is 61.8 Å². The van der Waals surface area contributed by atoms with E-state index in [1.54, 1.807) is 4.90 Å². The van der Waals surface area contributed by atoms with Gasteiger partial charge in [0.15, 0.2) is 0 Å². The van der Waals surface area contributed by atoms with Crippen LogP contribution in [0.1, 0.15) is 47.0 Å². The van der Waals surface area contributed by atoms with Gasteiger partial charge in [-0.3, -0.25) is 0 Å². The molecule has 0 spiro atoms. The van der Waals surface area contributed by atoms with E-state index in [2.05, 4.69) is 12.2 Å². The molecule has 1 saturated heterocycles. The van der Waals surface area contributed by atoms with Gasteiger partial charge in [-0.1, -0.05) is 6.92 Å². The van der Waals surface area contributed by atoms with Crippen molar-refractivity contribution in [1.29, 1.82) is 0 Å². The number of nitrogens with zero attached hydrogens (tertiary/aromatic N) is 1. The molecule has 19 heavy (non-hydrogen) atoms. The molecule has 1 heterocycles. The molecule has 0 bridgehead atoms. The van der Waals surface area contributed by atoms with Crippen LogP contribution in [-0.4, -0.2) is 53.5 Å². The number of piperidine rings is 1. The number of likely N-dealkylation sites (tertiary alicyclic amines) is 1. The highest BCUT2D eigenvalue weighted by atomic mass is 16.6. The lowest BCUT2D eigenvalue weighted by atomic mass is 9.91. The number of rotatable bonds is 4. The monoisotopic (exact) mass is 272 g/mol. The normalized spacial score (nSPS) is 19.3. The van der Waals surface area contributed by atoms with Gasteiger partial charge in [0.05, 0.1) is 5.60 Å². The number of nitrogens with one attached hydrogen (secondary N) is 1. The fourth-order valence-corrected chi connectivity index (χ4v) is 2.11. The highest BCUT2D eigenvalue weighted by Crippen LogP contribution is 2.23. The second kappa shape index (κ2) is 6.57. The first-order chi connectivity index (χ1) is 8.76. The van der Waals surface area contributed by atoms with Gasteiger partial charge in [0, 0.05) is 19.6 Å². The smallest absolute Gasteiger partial charge is 0.410 e. The second-order valence-electron chi connectivity index (χ2n) is 6.37. The van der Waals surface area contributed by atoms with Crippen molar-refractivity contribution < 1.29 is 14.6 Å². The standard InChI is InChI=1S/C14H28N2O3/c1-5-8-15-11-14(18)6-9-16(10-7-14)12(17)19-13(2,3)4/h15,18H,5-11H2,1-4H3. The summed E-state index contributed by atoms with van der Waals surface area (Å²) in [6, 6.07) is 0. The summed E-state index contributed by atoms with van der Waals surface area (Å²) < 4.78 is 5.33. The van der Waals surface area contributed by atoms with E-state index in [1.807, 2.05) is 20.8 Å². The molecule has 5 heteroatoms. The van der Waals surface area contributed by atoms with Gasteiger partial charge in [-0.2, -0.15) is 0 Å². The van der Waals surface area contributed by atoms with Gasteiger partial charge in [0.25, 0.3) is 0 Å². The van der Waals surface area contributed by atoms with Gasteiger partial charge in [-0.15, -0.1) is 0 Å². The van der Waals surface area contributed by atoms with Crippen LogP contribution in [0.4, 0.5) is 4.79 Å². The molecular weight excluding hydrogens is 244 g/mol. The van der Waals surface area contributed by atoms with Crippen LogP contribution in [0, 0.1) is 0 Å². The fraction of sp³-hybridized carbons (Fsp3) is 0.929. The van der Waals surface area contributed by atoms with Crippen molar-refractivity contribution in [1.82, 2.24) is 10.2 Å². The molecule has 0 aromatic carbocycles. The third-order valence-corrected chi connectivity index (χ3v) is 3.23. The van der Waals surface area contributed by atoms with Crippen LogP contribution in [0.2, 0.25) is 0 Å². The van der Waals surface area contributed by atoms with Crippen LogP contribution >= 0.6 is 0 Å². The maximum Gasteiger partial charge on any atom is 0.410 e. The Morgan fingerprint density at radius 1 is 1.37 bits per heavy atom. The molecule has 1 aliphatic heterocycles. The molecule has 1 fully saturated rings. The molecule has 0 saturated carbocycles. The van der Waals surface area contributed by atoms with E-state index in [-0.39, 0.29) is 6.09 Å². The van der Waals surface area contributed by atoms with Crippen molar-refractivity contribution in [2.75, 3.05) is 26.2 Å². The maximum atomic E-state index is 11.9. The number of ether oxygens (including phenoxy) is 1. The van der Waals surface area contributed by atoms with Crippen molar-refractivity contribution in [2.24, 2.45) is 0 Å². The Balaban J connectivity index is 2.37. The van der Waals surface area contributed by atoms with Crippen LogP contribution in [0.25, 0.3) is 0 Å². The van der Waals surface area contributed by atoms with E-state index in [1.165, 1.54) is 0 Å². The number of hydrogen-bond acceptors (Lipinski definition) is 4. The minimum atomic E-state index is -0.687. The zero-order valence-corrected chi connectivity index (χ0v) is 12.7. The average Bonchev–Trinajstić information content (AvgIpc) is 2.27. The van der Waals surface area contributed by atoms with Crippen LogP contribution in [0.3, 0.4) is 0 Å². The lowest BCUT2D eigenvalue weighted by Crippen LogP contribution is -2.52. The van der Waals surface area contributed by atoms with Crippen LogP contribution in [-0.2, 0) is 4.74 Å². The van der Waals surface area contributed by atoms with E-state index in [9.17, 15) is 9.90 Å². The Morgan fingerprint density at radius 2 is 1.95 bits per heavy atom. The van der Waals surface area contributed by atoms with E-state index >= 15 is 0 Å². The van der Waals surface area contributed by atoms with E-state index < -0.39 is 11.2 Å². The fourth-order valence-electron chi connectivity index (χ4n) is 2.11. The summed E-state index contributed by atoms with van der Waals surface area (Å²) in [5.74, 6) is 0. The summed E-state index contributed by atoms with van der Waals surface area (Å²) in [6.45, 7) is 10.3. The van der Waals surface area contributed by atoms with Crippen molar-refractivity contribution in [2.45, 2.75) is 58.2 Å². The van der Waals surface area contributed by atoms with Gasteiger partial charge in [0.1, 0.15) is 5.60 Å². The Hall–Kier alpha value is -0.810. The Kier molecular flexibility index (Phi) is 5.62. The van der Waals surface area contributed by atoms with Gasteiger partial charge in [-0.25, -0.2) is 4.79 Å². The number of carbonyl (C=O) groups is 1. The second-order valence-corrected chi connectivity index (χ2v) is 6.37. The molecular formula is C14H28N2O3. The molecule has 0 aromatic rings. The summed E-state index contributed by atoms with van der Waals surface area (Å²) in [5.41, 5.74) is -1.15. The van der Waals surface area contributed by atoms with E-state index in [4.69, 9.17) is 4.74 Å². The van der Waals surface area contributed by atoms with Gasteiger partial charge in [-0.05, 0) is 46.6 Å². The molecule has 0 aromatic heterocycles. The summed E-state index contributed by atoms with van der Waals surface area (Å²) in [5, 5.41) is 13.6. The van der Waals surface area contributed by atoms with Crippen molar-refractivity contribution in [3.05, 3.63) is 0 Å². The minimum absolute atomic E-state index is 0.281. The first-order valence-corrected chi connectivity index (χ1v) is 7.17.